The summed E-state index contributed by atoms with van der Waals surface area (Å²) < 4.78 is 13.4. The summed E-state index contributed by atoms with van der Waals surface area (Å²) >= 11 is 0. The molecule has 0 bridgehead atoms. The van der Waals surface area contributed by atoms with Crippen molar-refractivity contribution in [3.05, 3.63) is 84.1 Å². The molecule has 0 aliphatic heterocycles. The minimum Gasteiger partial charge on any atom is -0.264 e. The summed E-state index contributed by atoms with van der Waals surface area (Å²) in [5, 5.41) is 3.40. The fraction of sp³-hybridized carbons (Fsp3) is 0.308. The van der Waals surface area contributed by atoms with E-state index in [1.807, 2.05) is 24.5 Å². The van der Waals surface area contributed by atoms with Gasteiger partial charge in [-0.05, 0) is 51.6 Å². The van der Waals surface area contributed by atoms with Gasteiger partial charge in [-0.1, -0.05) is 65.8 Å². The Labute approximate surface area is 172 Å². The van der Waals surface area contributed by atoms with Gasteiger partial charge in [0.1, 0.15) is 5.82 Å². The summed E-state index contributed by atoms with van der Waals surface area (Å²) in [6.45, 7) is 12.9. The Balaban J connectivity index is 0.000000166. The highest BCUT2D eigenvalue weighted by Crippen LogP contribution is 2.30. The SMILES string of the molecule is CC(C)(C)c1cc(F)cc2cccnc12.CC(C)(C)c1cccc2cnccc12. The van der Waals surface area contributed by atoms with E-state index in [4.69, 9.17) is 0 Å². The first-order valence-corrected chi connectivity index (χ1v) is 9.95. The Morgan fingerprint density at radius 2 is 1.41 bits per heavy atom. The van der Waals surface area contributed by atoms with E-state index in [1.165, 1.54) is 22.4 Å². The van der Waals surface area contributed by atoms with Gasteiger partial charge in [0.05, 0.1) is 5.52 Å². The molecular formula is C26H29FN2. The van der Waals surface area contributed by atoms with Crippen LogP contribution in [-0.4, -0.2) is 9.97 Å². The zero-order valence-electron chi connectivity index (χ0n) is 18.1. The van der Waals surface area contributed by atoms with Crippen LogP contribution in [0.25, 0.3) is 21.7 Å². The molecule has 0 aliphatic carbocycles. The number of hydrogen-bond acceptors (Lipinski definition) is 2. The van der Waals surface area contributed by atoms with Gasteiger partial charge >= 0.3 is 0 Å². The molecule has 4 rings (SSSR count). The molecule has 3 heteroatoms. The summed E-state index contributed by atoms with van der Waals surface area (Å²) in [4.78, 5) is 8.46. The molecule has 0 amide bonds. The lowest BCUT2D eigenvalue weighted by Crippen LogP contribution is -2.12. The Bertz CT molecular complexity index is 1130. The van der Waals surface area contributed by atoms with Crippen LogP contribution in [0, 0.1) is 5.82 Å². The first-order valence-electron chi connectivity index (χ1n) is 9.95. The molecule has 0 saturated heterocycles. The average molecular weight is 389 g/mol. The molecule has 0 unspecified atom stereocenters. The maximum Gasteiger partial charge on any atom is 0.124 e. The molecule has 0 aliphatic rings. The predicted molar refractivity (Wildman–Crippen MR) is 121 cm³/mol. The second-order valence-corrected chi connectivity index (χ2v) is 9.43. The van der Waals surface area contributed by atoms with E-state index < -0.39 is 0 Å². The standard InChI is InChI=1S/C13H14FN.C13H15N/c1-13(2,3)11-8-10(14)7-9-5-4-6-15-12(9)11;1-13(2,3)12-6-4-5-10-9-14-8-7-11(10)12/h4-8H,1-3H3;4-9H,1-3H3. The number of hydrogen-bond donors (Lipinski definition) is 0. The number of benzene rings is 2. The molecule has 0 N–H and O–H groups in total. The van der Waals surface area contributed by atoms with Crippen molar-refractivity contribution >= 4 is 21.7 Å². The molecule has 29 heavy (non-hydrogen) atoms. The zero-order chi connectivity index (χ0) is 21.2. The Morgan fingerprint density at radius 3 is 2.10 bits per heavy atom. The summed E-state index contributed by atoms with van der Waals surface area (Å²) in [6.07, 6.45) is 5.53. The number of pyridine rings is 2. The molecule has 2 nitrogen and oxygen atoms in total. The lowest BCUT2D eigenvalue weighted by atomic mass is 9.84. The molecule has 0 radical (unpaired) electrons. The van der Waals surface area contributed by atoms with Crippen LogP contribution in [0.5, 0.6) is 0 Å². The van der Waals surface area contributed by atoms with E-state index in [2.05, 4.69) is 75.8 Å². The molecular weight excluding hydrogens is 359 g/mol. The fourth-order valence-electron chi connectivity index (χ4n) is 3.50. The molecule has 0 fully saturated rings. The van der Waals surface area contributed by atoms with Gasteiger partial charge in [0, 0.05) is 29.4 Å². The Morgan fingerprint density at radius 1 is 0.724 bits per heavy atom. The van der Waals surface area contributed by atoms with Crippen molar-refractivity contribution in [3.8, 4) is 0 Å². The molecule has 2 aromatic heterocycles. The van der Waals surface area contributed by atoms with Crippen molar-refractivity contribution in [1.29, 1.82) is 0 Å². The second-order valence-electron chi connectivity index (χ2n) is 9.43. The van der Waals surface area contributed by atoms with Gasteiger partial charge in [-0.3, -0.25) is 9.97 Å². The van der Waals surface area contributed by atoms with Gasteiger partial charge in [-0.15, -0.1) is 0 Å². The highest BCUT2D eigenvalue weighted by atomic mass is 19.1. The lowest BCUT2D eigenvalue weighted by molar-refractivity contribution is 0.577. The van der Waals surface area contributed by atoms with Gasteiger partial charge in [0.2, 0.25) is 0 Å². The van der Waals surface area contributed by atoms with Gasteiger partial charge in [0.25, 0.3) is 0 Å². The van der Waals surface area contributed by atoms with Crippen LogP contribution in [0.15, 0.2) is 67.1 Å². The third-order valence-corrected chi connectivity index (χ3v) is 4.97. The summed E-state index contributed by atoms with van der Waals surface area (Å²) in [5.74, 6) is -0.194. The summed E-state index contributed by atoms with van der Waals surface area (Å²) in [6, 6.07) is 15.3. The predicted octanol–water partition coefficient (Wildman–Crippen LogP) is 7.20. The first kappa shape index (κ1) is 20.9. The minimum atomic E-state index is -0.194. The molecule has 150 valence electrons. The van der Waals surface area contributed by atoms with Crippen LogP contribution in [0.2, 0.25) is 0 Å². The van der Waals surface area contributed by atoms with Crippen molar-refractivity contribution in [1.82, 2.24) is 9.97 Å². The van der Waals surface area contributed by atoms with Crippen molar-refractivity contribution in [2.24, 2.45) is 0 Å². The molecule has 4 aromatic rings. The maximum atomic E-state index is 13.4. The van der Waals surface area contributed by atoms with E-state index in [-0.39, 0.29) is 16.6 Å². The first-order chi connectivity index (χ1) is 13.6. The fourth-order valence-corrected chi connectivity index (χ4v) is 3.50. The van der Waals surface area contributed by atoms with Gasteiger partial charge in [0.15, 0.2) is 0 Å². The van der Waals surface area contributed by atoms with Crippen molar-refractivity contribution < 1.29 is 4.39 Å². The molecule has 0 saturated carbocycles. The summed E-state index contributed by atoms with van der Waals surface area (Å²) in [7, 11) is 0. The van der Waals surface area contributed by atoms with Crippen LogP contribution in [-0.2, 0) is 10.8 Å². The van der Waals surface area contributed by atoms with E-state index in [1.54, 1.807) is 12.3 Å². The second kappa shape index (κ2) is 7.90. The number of fused-ring (bicyclic) bond motifs is 2. The number of aromatic nitrogens is 2. The van der Waals surface area contributed by atoms with E-state index in [0.29, 0.717) is 0 Å². The zero-order valence-corrected chi connectivity index (χ0v) is 18.1. The maximum absolute atomic E-state index is 13.4. The molecule has 2 aromatic carbocycles. The van der Waals surface area contributed by atoms with Crippen molar-refractivity contribution in [3.63, 3.8) is 0 Å². The van der Waals surface area contributed by atoms with Crippen LogP contribution < -0.4 is 0 Å². The lowest BCUT2D eigenvalue weighted by Gasteiger charge is -2.20. The molecule has 0 atom stereocenters. The highest BCUT2D eigenvalue weighted by molar-refractivity contribution is 5.85. The number of nitrogens with zero attached hydrogens (tertiary/aromatic N) is 2. The van der Waals surface area contributed by atoms with E-state index in [9.17, 15) is 4.39 Å². The number of halogens is 1. The Hall–Kier alpha value is -2.81. The van der Waals surface area contributed by atoms with Crippen LogP contribution in [0.3, 0.4) is 0 Å². The van der Waals surface area contributed by atoms with Gasteiger partial charge in [-0.25, -0.2) is 4.39 Å². The topological polar surface area (TPSA) is 25.8 Å². The minimum absolute atomic E-state index is 0.0886. The smallest absolute Gasteiger partial charge is 0.124 e. The molecule has 0 spiro atoms. The van der Waals surface area contributed by atoms with Crippen LogP contribution in [0.4, 0.5) is 4.39 Å². The van der Waals surface area contributed by atoms with Gasteiger partial charge in [-0.2, -0.15) is 0 Å². The van der Waals surface area contributed by atoms with E-state index >= 15 is 0 Å². The average Bonchev–Trinajstić information content (AvgIpc) is 2.66. The Kier molecular flexibility index (Phi) is 5.70. The third kappa shape index (κ3) is 4.79. The van der Waals surface area contributed by atoms with Crippen molar-refractivity contribution in [2.45, 2.75) is 52.4 Å². The third-order valence-electron chi connectivity index (χ3n) is 4.97. The summed E-state index contributed by atoms with van der Waals surface area (Å²) in [5.41, 5.74) is 3.34. The highest BCUT2D eigenvalue weighted by Gasteiger charge is 2.18. The largest absolute Gasteiger partial charge is 0.264 e. The van der Waals surface area contributed by atoms with E-state index in [0.717, 1.165) is 16.5 Å². The van der Waals surface area contributed by atoms with Crippen LogP contribution in [0.1, 0.15) is 52.7 Å². The number of rotatable bonds is 0. The van der Waals surface area contributed by atoms with Crippen molar-refractivity contribution in [2.75, 3.05) is 0 Å². The quantitative estimate of drug-likeness (QED) is 0.318. The normalized spacial score (nSPS) is 12.0. The van der Waals surface area contributed by atoms with Crippen LogP contribution >= 0.6 is 0 Å². The molecule has 2 heterocycles. The van der Waals surface area contributed by atoms with Gasteiger partial charge < -0.3 is 0 Å². The monoisotopic (exact) mass is 388 g/mol.